The zero-order valence-corrected chi connectivity index (χ0v) is 6.56. The third kappa shape index (κ3) is 2.64. The first-order valence-electron chi connectivity index (χ1n) is 3.94. The zero-order valence-electron chi connectivity index (χ0n) is 6.56. The molecule has 2 atom stereocenters. The summed E-state index contributed by atoms with van der Waals surface area (Å²) < 4.78 is 35.7. The average molecular weight is 183 g/mol. The Bertz CT molecular complexity index is 148. The summed E-state index contributed by atoms with van der Waals surface area (Å²) in [6, 6.07) is -0.588. The smallest absolute Gasteiger partial charge is 0.390 e. The van der Waals surface area contributed by atoms with E-state index in [1.165, 1.54) is 0 Å². The molecule has 0 aromatic heterocycles. The normalized spacial score (nSPS) is 31.0. The maximum atomic E-state index is 11.9. The van der Waals surface area contributed by atoms with E-state index in [-0.39, 0.29) is 12.5 Å². The molecule has 5 heteroatoms. The summed E-state index contributed by atoms with van der Waals surface area (Å²) >= 11 is 0. The number of aliphatic hydroxyl groups excluding tert-OH is 1. The summed E-state index contributed by atoms with van der Waals surface area (Å²) in [6.07, 6.45) is -4.33. The van der Waals surface area contributed by atoms with Crippen LogP contribution in [0.5, 0.6) is 0 Å². The van der Waals surface area contributed by atoms with E-state index < -0.39 is 18.6 Å². The molecule has 0 saturated carbocycles. The van der Waals surface area contributed by atoms with Gasteiger partial charge in [0, 0.05) is 12.6 Å². The van der Waals surface area contributed by atoms with Gasteiger partial charge in [-0.1, -0.05) is 0 Å². The standard InChI is InChI=1S/C7H12F3NO/c8-7(9,10)3-6-5(4-12)1-2-11-6/h5-6,11-12H,1-4H2. The van der Waals surface area contributed by atoms with Crippen molar-refractivity contribution in [3.63, 3.8) is 0 Å². The van der Waals surface area contributed by atoms with E-state index in [1.54, 1.807) is 0 Å². The van der Waals surface area contributed by atoms with Crippen LogP contribution in [-0.4, -0.2) is 30.5 Å². The molecule has 72 valence electrons. The Kier molecular flexibility index (Phi) is 2.95. The van der Waals surface area contributed by atoms with Crippen molar-refractivity contribution in [1.82, 2.24) is 5.32 Å². The molecule has 0 aromatic rings. The minimum absolute atomic E-state index is 0.159. The van der Waals surface area contributed by atoms with Gasteiger partial charge in [0.25, 0.3) is 0 Å². The van der Waals surface area contributed by atoms with Gasteiger partial charge < -0.3 is 10.4 Å². The molecule has 2 unspecified atom stereocenters. The van der Waals surface area contributed by atoms with E-state index in [0.29, 0.717) is 13.0 Å². The van der Waals surface area contributed by atoms with Gasteiger partial charge in [0.2, 0.25) is 0 Å². The van der Waals surface area contributed by atoms with Crippen molar-refractivity contribution in [3.05, 3.63) is 0 Å². The molecule has 1 heterocycles. The molecule has 1 rings (SSSR count). The van der Waals surface area contributed by atoms with Gasteiger partial charge in [-0.05, 0) is 18.9 Å². The summed E-state index contributed by atoms with van der Waals surface area (Å²) in [7, 11) is 0. The number of hydrogen-bond acceptors (Lipinski definition) is 2. The van der Waals surface area contributed by atoms with Crippen LogP contribution in [0.4, 0.5) is 13.2 Å². The van der Waals surface area contributed by atoms with Crippen molar-refractivity contribution in [1.29, 1.82) is 0 Å². The van der Waals surface area contributed by atoms with Crippen LogP contribution in [0.25, 0.3) is 0 Å². The summed E-state index contributed by atoms with van der Waals surface area (Å²) in [6.45, 7) is 0.416. The van der Waals surface area contributed by atoms with Gasteiger partial charge in [-0.2, -0.15) is 13.2 Å². The molecule has 1 aliphatic heterocycles. The molecule has 12 heavy (non-hydrogen) atoms. The molecule has 0 aliphatic carbocycles. The van der Waals surface area contributed by atoms with E-state index >= 15 is 0 Å². The lowest BCUT2D eigenvalue weighted by molar-refractivity contribution is -0.141. The quantitative estimate of drug-likeness (QED) is 0.667. The lowest BCUT2D eigenvalue weighted by Crippen LogP contribution is -2.33. The van der Waals surface area contributed by atoms with E-state index in [0.717, 1.165) is 0 Å². The topological polar surface area (TPSA) is 32.3 Å². The van der Waals surface area contributed by atoms with Crippen LogP contribution < -0.4 is 5.32 Å². The largest absolute Gasteiger partial charge is 0.396 e. The van der Waals surface area contributed by atoms with Crippen LogP contribution >= 0.6 is 0 Å². The second-order valence-electron chi connectivity index (χ2n) is 3.11. The third-order valence-corrected chi connectivity index (χ3v) is 2.18. The maximum Gasteiger partial charge on any atom is 0.390 e. The molecule has 1 saturated heterocycles. The fraction of sp³-hybridized carbons (Fsp3) is 1.00. The minimum atomic E-state index is -4.13. The van der Waals surface area contributed by atoms with Crippen molar-refractivity contribution in [2.24, 2.45) is 5.92 Å². The predicted molar refractivity (Wildman–Crippen MR) is 37.7 cm³/mol. The molecule has 0 bridgehead atoms. The number of nitrogens with one attached hydrogen (secondary N) is 1. The summed E-state index contributed by atoms with van der Waals surface area (Å²) in [5.74, 6) is -0.230. The van der Waals surface area contributed by atoms with E-state index in [4.69, 9.17) is 5.11 Å². The van der Waals surface area contributed by atoms with Gasteiger partial charge in [0.05, 0.1) is 6.42 Å². The van der Waals surface area contributed by atoms with Crippen LogP contribution in [0.2, 0.25) is 0 Å². The van der Waals surface area contributed by atoms with Gasteiger partial charge in [-0.25, -0.2) is 0 Å². The summed E-state index contributed by atoms with van der Waals surface area (Å²) in [5, 5.41) is 11.5. The van der Waals surface area contributed by atoms with Crippen molar-refractivity contribution < 1.29 is 18.3 Å². The van der Waals surface area contributed by atoms with Crippen LogP contribution in [-0.2, 0) is 0 Å². The monoisotopic (exact) mass is 183 g/mol. The molecular weight excluding hydrogens is 171 g/mol. The molecular formula is C7H12F3NO. The van der Waals surface area contributed by atoms with Gasteiger partial charge in [-0.3, -0.25) is 0 Å². The highest BCUT2D eigenvalue weighted by atomic mass is 19.4. The molecule has 2 nitrogen and oxygen atoms in total. The van der Waals surface area contributed by atoms with Crippen LogP contribution in [0.15, 0.2) is 0 Å². The molecule has 2 N–H and O–H groups in total. The second-order valence-corrected chi connectivity index (χ2v) is 3.11. The van der Waals surface area contributed by atoms with Crippen LogP contribution in [0.3, 0.4) is 0 Å². The number of rotatable bonds is 2. The Labute approximate surface area is 68.8 Å². The summed E-state index contributed by atoms with van der Waals surface area (Å²) in [4.78, 5) is 0. The highest BCUT2D eigenvalue weighted by molar-refractivity contribution is 4.84. The molecule has 0 radical (unpaired) electrons. The Morgan fingerprint density at radius 1 is 1.42 bits per heavy atom. The Morgan fingerprint density at radius 2 is 2.08 bits per heavy atom. The van der Waals surface area contributed by atoms with Crippen molar-refractivity contribution >= 4 is 0 Å². The zero-order chi connectivity index (χ0) is 9.19. The highest BCUT2D eigenvalue weighted by Crippen LogP contribution is 2.27. The number of alkyl halides is 3. The third-order valence-electron chi connectivity index (χ3n) is 2.18. The molecule has 0 spiro atoms. The Hall–Kier alpha value is -0.290. The first-order chi connectivity index (χ1) is 5.53. The van der Waals surface area contributed by atoms with Crippen molar-refractivity contribution in [2.75, 3.05) is 13.2 Å². The van der Waals surface area contributed by atoms with Crippen molar-refractivity contribution in [3.8, 4) is 0 Å². The minimum Gasteiger partial charge on any atom is -0.396 e. The van der Waals surface area contributed by atoms with Crippen molar-refractivity contribution in [2.45, 2.75) is 25.1 Å². The fourth-order valence-electron chi connectivity index (χ4n) is 1.53. The van der Waals surface area contributed by atoms with E-state index in [9.17, 15) is 13.2 Å². The average Bonchev–Trinajstić information content (AvgIpc) is 2.31. The number of hydrogen-bond donors (Lipinski definition) is 2. The van der Waals surface area contributed by atoms with E-state index in [1.807, 2.05) is 0 Å². The number of aliphatic hydroxyl groups is 1. The maximum absolute atomic E-state index is 11.9. The fourth-order valence-corrected chi connectivity index (χ4v) is 1.53. The predicted octanol–water partition coefficient (Wildman–Crippen LogP) is 0.909. The van der Waals surface area contributed by atoms with Gasteiger partial charge in [0.15, 0.2) is 0 Å². The van der Waals surface area contributed by atoms with Crippen LogP contribution in [0.1, 0.15) is 12.8 Å². The molecule has 0 aromatic carbocycles. The van der Waals surface area contributed by atoms with Gasteiger partial charge in [-0.15, -0.1) is 0 Å². The molecule has 1 aliphatic rings. The Morgan fingerprint density at radius 3 is 2.58 bits per heavy atom. The second kappa shape index (κ2) is 3.62. The van der Waals surface area contributed by atoms with Gasteiger partial charge in [0.1, 0.15) is 0 Å². The first kappa shape index (κ1) is 9.80. The van der Waals surface area contributed by atoms with E-state index in [2.05, 4.69) is 5.32 Å². The molecule has 1 fully saturated rings. The number of halogens is 3. The summed E-state index contributed by atoms with van der Waals surface area (Å²) in [5.41, 5.74) is 0. The highest BCUT2D eigenvalue weighted by Gasteiger charge is 2.37. The first-order valence-corrected chi connectivity index (χ1v) is 3.94. The Balaban J connectivity index is 2.41. The molecule has 0 amide bonds. The van der Waals surface area contributed by atoms with Crippen LogP contribution in [0, 0.1) is 5.92 Å². The van der Waals surface area contributed by atoms with Gasteiger partial charge >= 0.3 is 6.18 Å². The lowest BCUT2D eigenvalue weighted by atomic mass is 9.99. The lowest BCUT2D eigenvalue weighted by Gasteiger charge is -2.18. The SMILES string of the molecule is OCC1CCNC1CC(F)(F)F.